The zero-order valence-electron chi connectivity index (χ0n) is 23.8. The van der Waals surface area contributed by atoms with Crippen molar-refractivity contribution in [2.45, 2.75) is 114 Å². The molecule has 41 heavy (non-hydrogen) atoms. The smallest absolute Gasteiger partial charge is 0.331 e. The molecule has 1 aliphatic carbocycles. The van der Waals surface area contributed by atoms with Crippen molar-refractivity contribution < 1.29 is 69.4 Å². The third-order valence-corrected chi connectivity index (χ3v) is 7.70. The van der Waals surface area contributed by atoms with Crippen molar-refractivity contribution in [3.8, 4) is 0 Å². The second-order valence-corrected chi connectivity index (χ2v) is 12.0. The van der Waals surface area contributed by atoms with Gasteiger partial charge in [0, 0.05) is 17.4 Å². The van der Waals surface area contributed by atoms with E-state index in [1.54, 1.807) is 13.8 Å². The van der Waals surface area contributed by atoms with Crippen LogP contribution < -0.4 is 0 Å². The summed E-state index contributed by atoms with van der Waals surface area (Å²) in [4.78, 5) is 34.0. The maximum Gasteiger partial charge on any atom is 0.331 e. The minimum absolute atomic E-state index is 0.0226. The number of hydrogen-bond donors (Lipinski definition) is 8. The van der Waals surface area contributed by atoms with Gasteiger partial charge in [-0.15, -0.1) is 0 Å². The summed E-state index contributed by atoms with van der Waals surface area (Å²) in [5.74, 6) is -3.45. The number of aliphatic hydroxyl groups excluding tert-OH is 3. The number of rotatable bonds is 11. The number of ether oxygens (including phenoxy) is 3. The standard InChI is InChI=1S/C27H42O14/c1-14(22(34)35)7-6-8-27(38)24(2,3)9-15(10-26(27,5)37)40-23-21(33)20(32)19(31)16(41-23)13-39-18(30)12-25(4,36)11-17(28)29/h6-8,15-16,19-21,23,31-33,36-38H,9-13H2,1-5H3,(H,28,29)(H,34,35)/b8-6-,14-7+. The molecule has 0 amide bonds. The summed E-state index contributed by atoms with van der Waals surface area (Å²) in [6.45, 7) is 6.60. The van der Waals surface area contributed by atoms with E-state index in [-0.39, 0.29) is 18.4 Å². The van der Waals surface area contributed by atoms with Gasteiger partial charge in [0.25, 0.3) is 0 Å². The molecule has 234 valence electrons. The Balaban J connectivity index is 2.13. The molecule has 8 N–H and O–H groups in total. The summed E-state index contributed by atoms with van der Waals surface area (Å²) >= 11 is 0. The van der Waals surface area contributed by atoms with E-state index in [1.807, 2.05) is 0 Å². The first-order valence-corrected chi connectivity index (χ1v) is 13.1. The number of allylic oxidation sites excluding steroid dienone is 2. The van der Waals surface area contributed by atoms with Gasteiger partial charge in [-0.3, -0.25) is 9.59 Å². The summed E-state index contributed by atoms with van der Waals surface area (Å²) in [6.07, 6.45) is -6.40. The molecule has 0 aromatic rings. The first-order chi connectivity index (χ1) is 18.6. The second kappa shape index (κ2) is 12.8. The molecule has 1 saturated carbocycles. The summed E-state index contributed by atoms with van der Waals surface area (Å²) < 4.78 is 16.5. The largest absolute Gasteiger partial charge is 0.481 e. The topological polar surface area (TPSA) is 241 Å². The van der Waals surface area contributed by atoms with Crippen LogP contribution in [0, 0.1) is 5.41 Å². The monoisotopic (exact) mass is 590 g/mol. The number of carbonyl (C=O) groups is 3. The van der Waals surface area contributed by atoms with Gasteiger partial charge in [-0.25, -0.2) is 4.79 Å². The molecule has 1 aliphatic heterocycles. The fraction of sp³-hybridized carbons (Fsp3) is 0.741. The van der Waals surface area contributed by atoms with Gasteiger partial charge in [0.05, 0.1) is 30.1 Å². The minimum Gasteiger partial charge on any atom is -0.481 e. The highest BCUT2D eigenvalue weighted by molar-refractivity contribution is 5.86. The molecule has 1 heterocycles. The van der Waals surface area contributed by atoms with Crippen LogP contribution in [0.3, 0.4) is 0 Å². The second-order valence-electron chi connectivity index (χ2n) is 12.0. The highest BCUT2D eigenvalue weighted by atomic mass is 16.7. The van der Waals surface area contributed by atoms with E-state index in [1.165, 1.54) is 32.1 Å². The van der Waals surface area contributed by atoms with Gasteiger partial charge in [0.15, 0.2) is 6.29 Å². The average Bonchev–Trinajstić information content (AvgIpc) is 2.80. The number of carboxylic acids is 2. The van der Waals surface area contributed by atoms with Crippen LogP contribution >= 0.6 is 0 Å². The van der Waals surface area contributed by atoms with Crippen LogP contribution in [-0.2, 0) is 28.6 Å². The van der Waals surface area contributed by atoms with E-state index in [4.69, 9.17) is 24.4 Å². The van der Waals surface area contributed by atoms with E-state index in [0.29, 0.717) is 0 Å². The fourth-order valence-corrected chi connectivity index (χ4v) is 5.31. The molecule has 0 spiro atoms. The molecule has 2 aliphatic rings. The van der Waals surface area contributed by atoms with E-state index in [2.05, 4.69) is 0 Å². The Kier molecular flexibility index (Phi) is 10.9. The lowest BCUT2D eigenvalue weighted by molar-refractivity contribution is -0.326. The highest BCUT2D eigenvalue weighted by Gasteiger charge is 2.59. The molecule has 9 unspecified atom stereocenters. The lowest BCUT2D eigenvalue weighted by atomic mass is 9.57. The third-order valence-electron chi connectivity index (χ3n) is 7.70. The third kappa shape index (κ3) is 8.32. The molecule has 0 radical (unpaired) electrons. The highest BCUT2D eigenvalue weighted by Crippen LogP contribution is 2.51. The molecule has 0 aromatic heterocycles. The van der Waals surface area contributed by atoms with Gasteiger partial charge in [-0.05, 0) is 33.3 Å². The van der Waals surface area contributed by atoms with Crippen LogP contribution in [0.1, 0.15) is 60.3 Å². The van der Waals surface area contributed by atoms with E-state index in [0.717, 1.165) is 6.92 Å². The Morgan fingerprint density at radius 2 is 1.61 bits per heavy atom. The summed E-state index contributed by atoms with van der Waals surface area (Å²) in [5.41, 5.74) is -6.55. The first kappa shape index (κ1) is 34.8. The normalized spacial score (nSPS) is 37.4. The quantitative estimate of drug-likeness (QED) is 0.0837. The number of esters is 1. The summed E-state index contributed by atoms with van der Waals surface area (Å²) in [6, 6.07) is 0. The van der Waals surface area contributed by atoms with Crippen molar-refractivity contribution in [2.24, 2.45) is 5.41 Å². The minimum atomic E-state index is -1.89. The van der Waals surface area contributed by atoms with Gasteiger partial charge in [-0.2, -0.15) is 0 Å². The fourth-order valence-electron chi connectivity index (χ4n) is 5.31. The van der Waals surface area contributed by atoms with E-state index < -0.39 is 96.4 Å². The zero-order valence-corrected chi connectivity index (χ0v) is 23.8. The van der Waals surface area contributed by atoms with Crippen molar-refractivity contribution in [1.82, 2.24) is 0 Å². The van der Waals surface area contributed by atoms with Gasteiger partial charge < -0.3 is 55.1 Å². The maximum absolute atomic E-state index is 12.1. The summed E-state index contributed by atoms with van der Waals surface area (Å²) in [5, 5.41) is 81.9. The Morgan fingerprint density at radius 1 is 1.00 bits per heavy atom. The van der Waals surface area contributed by atoms with Gasteiger partial charge in [0.2, 0.25) is 0 Å². The van der Waals surface area contributed by atoms with E-state index >= 15 is 0 Å². The van der Waals surface area contributed by atoms with Crippen LogP contribution in [0.5, 0.6) is 0 Å². The van der Waals surface area contributed by atoms with Crippen LogP contribution in [0.2, 0.25) is 0 Å². The number of carboxylic acid groups (broad SMARTS) is 2. The van der Waals surface area contributed by atoms with Crippen LogP contribution in [0.25, 0.3) is 0 Å². The summed E-state index contributed by atoms with van der Waals surface area (Å²) in [7, 11) is 0. The number of aliphatic hydroxyl groups is 6. The Bertz CT molecular complexity index is 1010. The van der Waals surface area contributed by atoms with Crippen LogP contribution in [0.15, 0.2) is 23.8 Å². The Morgan fingerprint density at radius 3 is 2.15 bits per heavy atom. The van der Waals surface area contributed by atoms with Crippen LogP contribution in [-0.4, -0.2) is 119 Å². The molecule has 0 bridgehead atoms. The zero-order chi connectivity index (χ0) is 31.6. The predicted octanol–water partition coefficient (Wildman–Crippen LogP) is -0.773. The molecular weight excluding hydrogens is 548 g/mol. The molecule has 2 fully saturated rings. The lowest BCUT2D eigenvalue weighted by Gasteiger charge is -2.56. The molecule has 2 rings (SSSR count). The van der Waals surface area contributed by atoms with Gasteiger partial charge in [0.1, 0.15) is 36.6 Å². The van der Waals surface area contributed by atoms with Crippen molar-refractivity contribution >= 4 is 17.9 Å². The molecule has 14 nitrogen and oxygen atoms in total. The maximum atomic E-state index is 12.1. The Labute approximate surface area is 237 Å². The van der Waals surface area contributed by atoms with Crippen LogP contribution in [0.4, 0.5) is 0 Å². The van der Waals surface area contributed by atoms with Crippen molar-refractivity contribution in [3.63, 3.8) is 0 Å². The average molecular weight is 591 g/mol. The first-order valence-electron chi connectivity index (χ1n) is 13.1. The number of hydrogen-bond acceptors (Lipinski definition) is 12. The molecule has 14 heteroatoms. The van der Waals surface area contributed by atoms with Gasteiger partial charge >= 0.3 is 17.9 Å². The van der Waals surface area contributed by atoms with E-state index in [9.17, 15) is 45.0 Å². The van der Waals surface area contributed by atoms with Crippen molar-refractivity contribution in [1.29, 1.82) is 0 Å². The SMILES string of the molecule is C/C(=C\C=C/C1(O)C(C)(C)CC(OC2OC(COC(=O)CC(C)(O)CC(=O)O)C(O)C(O)C2O)CC1(C)O)C(=O)O. The van der Waals surface area contributed by atoms with Crippen molar-refractivity contribution in [2.75, 3.05) is 6.61 Å². The lowest BCUT2D eigenvalue weighted by Crippen LogP contribution is -2.66. The Hall–Kier alpha value is -2.43. The number of aliphatic carboxylic acids is 2. The molecular formula is C27H42O14. The number of carbonyl (C=O) groups excluding carboxylic acids is 1. The molecule has 0 aromatic carbocycles. The molecule has 1 saturated heterocycles. The van der Waals surface area contributed by atoms with Gasteiger partial charge in [-0.1, -0.05) is 26.0 Å². The predicted molar refractivity (Wildman–Crippen MR) is 139 cm³/mol. The molecule has 9 atom stereocenters. The van der Waals surface area contributed by atoms with Crippen molar-refractivity contribution in [3.05, 3.63) is 23.8 Å².